The number of nitrogens with zero attached hydrogens (tertiary/aromatic N) is 1. The standard InChI is InChI=1S/C20H34N4O3/c1-13-8-19(2,3)12-20(9-13)17(26)24(18(27)23-20)11-16(25)22-15-7-5-4-6-14(15)10-21/h13-15H,4-12,21H2,1-3H3,(H,22,25)(H,23,27). The van der Waals surface area contributed by atoms with Crippen LogP contribution in [0.15, 0.2) is 0 Å². The van der Waals surface area contributed by atoms with Crippen LogP contribution in [0.3, 0.4) is 0 Å². The molecule has 4 unspecified atom stereocenters. The van der Waals surface area contributed by atoms with Crippen LogP contribution < -0.4 is 16.4 Å². The molecular weight excluding hydrogens is 344 g/mol. The Morgan fingerprint density at radius 3 is 2.63 bits per heavy atom. The Balaban J connectivity index is 1.66. The average molecular weight is 379 g/mol. The summed E-state index contributed by atoms with van der Waals surface area (Å²) in [7, 11) is 0. The van der Waals surface area contributed by atoms with Crippen molar-refractivity contribution in [1.29, 1.82) is 0 Å². The first kappa shape index (κ1) is 20.1. The molecule has 0 aromatic rings. The van der Waals surface area contributed by atoms with Crippen molar-refractivity contribution in [3.63, 3.8) is 0 Å². The molecule has 1 spiro atoms. The van der Waals surface area contributed by atoms with Crippen LogP contribution in [-0.4, -0.2) is 47.4 Å². The smallest absolute Gasteiger partial charge is 0.325 e. The molecule has 3 fully saturated rings. The zero-order chi connectivity index (χ0) is 19.8. The van der Waals surface area contributed by atoms with Crippen molar-refractivity contribution >= 4 is 17.8 Å². The molecule has 1 aliphatic heterocycles. The van der Waals surface area contributed by atoms with Gasteiger partial charge in [0.15, 0.2) is 0 Å². The molecule has 4 amide bonds. The monoisotopic (exact) mass is 378 g/mol. The van der Waals surface area contributed by atoms with Crippen molar-refractivity contribution in [2.45, 2.75) is 77.3 Å². The summed E-state index contributed by atoms with van der Waals surface area (Å²) in [5.41, 5.74) is 4.95. The van der Waals surface area contributed by atoms with Gasteiger partial charge in [0.25, 0.3) is 5.91 Å². The number of rotatable bonds is 4. The number of carbonyl (C=O) groups excluding carboxylic acids is 3. The first-order chi connectivity index (χ1) is 12.7. The molecule has 0 aromatic heterocycles. The summed E-state index contributed by atoms with van der Waals surface area (Å²) < 4.78 is 0. The predicted molar refractivity (Wildman–Crippen MR) is 103 cm³/mol. The lowest BCUT2D eigenvalue weighted by Gasteiger charge is -2.43. The van der Waals surface area contributed by atoms with E-state index in [2.05, 4.69) is 31.4 Å². The van der Waals surface area contributed by atoms with Gasteiger partial charge in [-0.1, -0.05) is 33.6 Å². The van der Waals surface area contributed by atoms with Crippen molar-refractivity contribution in [3.8, 4) is 0 Å². The lowest BCUT2D eigenvalue weighted by atomic mass is 9.64. The SMILES string of the molecule is CC1CC(C)(C)CC2(C1)NC(=O)N(CC(=O)NC1CCCCC1CN)C2=O. The molecular formula is C20H34N4O3. The van der Waals surface area contributed by atoms with Gasteiger partial charge in [-0.05, 0) is 55.9 Å². The highest BCUT2D eigenvalue weighted by Gasteiger charge is 2.56. The summed E-state index contributed by atoms with van der Waals surface area (Å²) in [4.78, 5) is 39.3. The maximum absolute atomic E-state index is 13.1. The van der Waals surface area contributed by atoms with Gasteiger partial charge in [0.1, 0.15) is 12.1 Å². The largest absolute Gasteiger partial charge is 0.351 e. The van der Waals surface area contributed by atoms with E-state index in [-0.39, 0.29) is 35.7 Å². The van der Waals surface area contributed by atoms with Crippen LogP contribution in [0.1, 0.15) is 65.7 Å². The second kappa shape index (κ2) is 7.41. The van der Waals surface area contributed by atoms with Crippen LogP contribution >= 0.6 is 0 Å². The highest BCUT2D eigenvalue weighted by molar-refractivity contribution is 6.09. The highest BCUT2D eigenvalue weighted by Crippen LogP contribution is 2.46. The van der Waals surface area contributed by atoms with E-state index in [1.165, 1.54) is 0 Å². The molecule has 0 aromatic carbocycles. The van der Waals surface area contributed by atoms with Crippen LogP contribution in [0.25, 0.3) is 0 Å². The van der Waals surface area contributed by atoms with E-state index in [1.807, 2.05) is 0 Å². The lowest BCUT2D eigenvalue weighted by molar-refractivity contribution is -0.137. The number of carbonyl (C=O) groups is 3. The molecule has 4 atom stereocenters. The molecule has 1 heterocycles. The van der Waals surface area contributed by atoms with E-state index in [1.54, 1.807) is 0 Å². The molecule has 2 saturated carbocycles. The zero-order valence-electron chi connectivity index (χ0n) is 16.8. The fourth-order valence-corrected chi connectivity index (χ4v) is 5.73. The quantitative estimate of drug-likeness (QED) is 0.648. The molecule has 2 aliphatic carbocycles. The maximum atomic E-state index is 13.1. The van der Waals surface area contributed by atoms with Crippen LogP contribution in [0.2, 0.25) is 0 Å². The van der Waals surface area contributed by atoms with Gasteiger partial charge in [-0.2, -0.15) is 0 Å². The molecule has 152 valence electrons. The lowest BCUT2D eigenvalue weighted by Crippen LogP contribution is -2.54. The van der Waals surface area contributed by atoms with Crippen molar-refractivity contribution < 1.29 is 14.4 Å². The normalized spacial score (nSPS) is 36.0. The van der Waals surface area contributed by atoms with Gasteiger partial charge in [-0.15, -0.1) is 0 Å². The van der Waals surface area contributed by atoms with E-state index in [4.69, 9.17) is 5.73 Å². The zero-order valence-corrected chi connectivity index (χ0v) is 16.8. The molecule has 0 bridgehead atoms. The van der Waals surface area contributed by atoms with Crippen molar-refractivity contribution in [3.05, 3.63) is 0 Å². The van der Waals surface area contributed by atoms with Gasteiger partial charge in [0, 0.05) is 6.04 Å². The van der Waals surface area contributed by atoms with Crippen LogP contribution in [0.4, 0.5) is 4.79 Å². The van der Waals surface area contributed by atoms with Crippen molar-refractivity contribution in [2.24, 2.45) is 23.0 Å². The number of hydrogen-bond acceptors (Lipinski definition) is 4. The fourth-order valence-electron chi connectivity index (χ4n) is 5.73. The van der Waals surface area contributed by atoms with E-state index >= 15 is 0 Å². The number of imide groups is 1. The van der Waals surface area contributed by atoms with E-state index < -0.39 is 11.6 Å². The molecule has 7 nitrogen and oxygen atoms in total. The number of nitrogens with two attached hydrogens (primary N) is 1. The molecule has 4 N–H and O–H groups in total. The van der Waals surface area contributed by atoms with Gasteiger partial charge >= 0.3 is 6.03 Å². The minimum Gasteiger partial charge on any atom is -0.351 e. The summed E-state index contributed by atoms with van der Waals surface area (Å²) >= 11 is 0. The summed E-state index contributed by atoms with van der Waals surface area (Å²) in [6.07, 6.45) is 6.41. The Kier molecular flexibility index (Phi) is 5.52. The Bertz CT molecular complexity index is 620. The second-order valence-corrected chi connectivity index (χ2v) is 9.71. The van der Waals surface area contributed by atoms with Gasteiger partial charge in [0.2, 0.25) is 5.91 Å². The number of urea groups is 1. The predicted octanol–water partition coefficient (Wildman–Crippen LogP) is 1.76. The van der Waals surface area contributed by atoms with Gasteiger partial charge < -0.3 is 16.4 Å². The van der Waals surface area contributed by atoms with Crippen LogP contribution in [0.5, 0.6) is 0 Å². The average Bonchev–Trinajstić information content (AvgIpc) is 2.77. The summed E-state index contributed by atoms with van der Waals surface area (Å²) in [5, 5.41) is 5.93. The van der Waals surface area contributed by atoms with E-state index in [0.717, 1.165) is 37.0 Å². The summed E-state index contributed by atoms with van der Waals surface area (Å²) in [6, 6.07) is -0.404. The molecule has 3 rings (SSSR count). The minimum absolute atomic E-state index is 0.0185. The molecule has 7 heteroatoms. The molecule has 1 saturated heterocycles. The second-order valence-electron chi connectivity index (χ2n) is 9.71. The van der Waals surface area contributed by atoms with Gasteiger partial charge in [0.05, 0.1) is 0 Å². The minimum atomic E-state index is -0.858. The molecule has 3 aliphatic rings. The first-order valence-corrected chi connectivity index (χ1v) is 10.3. The molecule has 27 heavy (non-hydrogen) atoms. The first-order valence-electron chi connectivity index (χ1n) is 10.3. The van der Waals surface area contributed by atoms with Gasteiger partial charge in [-0.3, -0.25) is 14.5 Å². The summed E-state index contributed by atoms with van der Waals surface area (Å²) in [5.74, 6) is 0.0989. The van der Waals surface area contributed by atoms with Crippen LogP contribution in [-0.2, 0) is 9.59 Å². The van der Waals surface area contributed by atoms with E-state index in [0.29, 0.717) is 25.3 Å². The third-order valence-corrected chi connectivity index (χ3v) is 6.48. The van der Waals surface area contributed by atoms with Crippen molar-refractivity contribution in [2.75, 3.05) is 13.1 Å². The number of nitrogens with one attached hydrogen (secondary N) is 2. The highest BCUT2D eigenvalue weighted by atomic mass is 16.2. The van der Waals surface area contributed by atoms with Crippen LogP contribution in [0, 0.1) is 17.3 Å². The summed E-state index contributed by atoms with van der Waals surface area (Å²) in [6.45, 7) is 6.72. The molecule has 0 radical (unpaired) electrons. The Labute approximate surface area is 161 Å². The third kappa shape index (κ3) is 4.13. The maximum Gasteiger partial charge on any atom is 0.325 e. The van der Waals surface area contributed by atoms with Crippen molar-refractivity contribution in [1.82, 2.24) is 15.5 Å². The third-order valence-electron chi connectivity index (χ3n) is 6.48. The fraction of sp³-hybridized carbons (Fsp3) is 0.850. The Morgan fingerprint density at radius 1 is 1.26 bits per heavy atom. The topological polar surface area (TPSA) is 105 Å². The van der Waals surface area contributed by atoms with E-state index in [9.17, 15) is 14.4 Å². The van der Waals surface area contributed by atoms with Gasteiger partial charge in [-0.25, -0.2) is 4.79 Å². The number of hydrogen-bond donors (Lipinski definition) is 3. The Hall–Kier alpha value is -1.63. The number of amides is 4. The Morgan fingerprint density at radius 2 is 1.96 bits per heavy atom.